The Morgan fingerprint density at radius 2 is 1.74 bits per heavy atom. The lowest BCUT2D eigenvalue weighted by molar-refractivity contribution is -0.171. The van der Waals surface area contributed by atoms with E-state index in [4.69, 9.17) is 14.2 Å². The summed E-state index contributed by atoms with van der Waals surface area (Å²) in [5.41, 5.74) is 2.14. The van der Waals surface area contributed by atoms with Crippen molar-refractivity contribution in [1.82, 2.24) is 0 Å². The molecule has 2 aliphatic rings. The third kappa shape index (κ3) is 2.39. The second-order valence-electron chi connectivity index (χ2n) is 6.22. The van der Waals surface area contributed by atoms with Gasteiger partial charge in [-0.1, -0.05) is 35.0 Å². The van der Waals surface area contributed by atoms with Gasteiger partial charge in [-0.25, -0.2) is 0 Å². The Balaban J connectivity index is 1.89. The number of hydrogen-bond acceptors (Lipinski definition) is 4. The zero-order chi connectivity index (χ0) is 16.2. The number of rotatable bonds is 1. The maximum Gasteiger partial charge on any atom is 0.231 e. The third-order valence-electron chi connectivity index (χ3n) is 4.73. The molecule has 0 saturated heterocycles. The Labute approximate surface area is 143 Å². The van der Waals surface area contributed by atoms with Gasteiger partial charge in [-0.2, -0.15) is 0 Å². The molecule has 1 N–H and O–H groups in total. The summed E-state index contributed by atoms with van der Waals surface area (Å²) in [4.78, 5) is 0. The Morgan fingerprint density at radius 3 is 2.43 bits per heavy atom. The van der Waals surface area contributed by atoms with Gasteiger partial charge in [0.05, 0.1) is 0 Å². The van der Waals surface area contributed by atoms with Gasteiger partial charge >= 0.3 is 0 Å². The molecule has 4 rings (SSSR count). The van der Waals surface area contributed by atoms with E-state index in [1.165, 1.54) is 0 Å². The molecule has 0 bridgehead atoms. The number of aliphatic hydroxyl groups is 1. The molecule has 0 aromatic heterocycles. The molecule has 4 nitrogen and oxygen atoms in total. The molecule has 2 aromatic rings. The van der Waals surface area contributed by atoms with Gasteiger partial charge in [-0.3, -0.25) is 0 Å². The third-order valence-corrected chi connectivity index (χ3v) is 5.26. The lowest BCUT2D eigenvalue weighted by Gasteiger charge is -2.42. The van der Waals surface area contributed by atoms with Crippen LogP contribution in [0, 0.1) is 5.92 Å². The van der Waals surface area contributed by atoms with Crippen molar-refractivity contribution in [3.63, 3.8) is 0 Å². The molecule has 2 aromatic carbocycles. The first-order valence-electron chi connectivity index (χ1n) is 7.56. The molecular weight excluding hydrogens is 360 g/mol. The topological polar surface area (TPSA) is 47.9 Å². The van der Waals surface area contributed by atoms with Crippen LogP contribution in [-0.2, 0) is 0 Å². The monoisotopic (exact) mass is 376 g/mol. The minimum absolute atomic E-state index is 0.0105. The Kier molecular flexibility index (Phi) is 3.32. The van der Waals surface area contributed by atoms with E-state index < -0.39 is 5.79 Å². The van der Waals surface area contributed by atoms with Crippen molar-refractivity contribution in [1.29, 1.82) is 0 Å². The van der Waals surface area contributed by atoms with Crippen LogP contribution in [0.1, 0.15) is 30.9 Å². The fourth-order valence-corrected chi connectivity index (χ4v) is 3.57. The van der Waals surface area contributed by atoms with Gasteiger partial charge in [0.2, 0.25) is 12.6 Å². The molecule has 0 fully saturated rings. The highest BCUT2D eigenvalue weighted by molar-refractivity contribution is 9.10. The highest BCUT2D eigenvalue weighted by atomic mass is 79.9. The summed E-state index contributed by atoms with van der Waals surface area (Å²) in [6.07, 6.45) is 0. The SMILES string of the molecule is C[C@@H]1[C@@H](c2ccc(Br)cc2)c2cc3c(cc2O[C@]1(C)O)OCO3. The minimum Gasteiger partial charge on any atom is -0.462 e. The predicted molar refractivity (Wildman–Crippen MR) is 89.0 cm³/mol. The quantitative estimate of drug-likeness (QED) is 0.815. The Morgan fingerprint density at radius 1 is 1.09 bits per heavy atom. The van der Waals surface area contributed by atoms with Crippen LogP contribution in [0.5, 0.6) is 17.2 Å². The molecule has 2 aliphatic heterocycles. The van der Waals surface area contributed by atoms with Crippen LogP contribution in [0.2, 0.25) is 0 Å². The van der Waals surface area contributed by atoms with E-state index in [1.54, 1.807) is 6.92 Å². The average molecular weight is 377 g/mol. The van der Waals surface area contributed by atoms with Gasteiger partial charge in [0.15, 0.2) is 11.5 Å². The van der Waals surface area contributed by atoms with Gasteiger partial charge in [0, 0.05) is 34.9 Å². The summed E-state index contributed by atoms with van der Waals surface area (Å²) in [6.45, 7) is 3.92. The standard InChI is InChI=1S/C18H17BrO4/c1-10-17(11-3-5-12(19)6-4-11)13-7-15-16(22-9-21-15)8-14(13)23-18(10,2)20/h3-8,10,17,20H,9H2,1-2H3/t10-,17+,18+/m1/s1. The lowest BCUT2D eigenvalue weighted by atomic mass is 9.75. The first-order chi connectivity index (χ1) is 11.0. The summed E-state index contributed by atoms with van der Waals surface area (Å²) in [6, 6.07) is 11.9. The number of benzene rings is 2. The smallest absolute Gasteiger partial charge is 0.231 e. The zero-order valence-electron chi connectivity index (χ0n) is 12.9. The van der Waals surface area contributed by atoms with Gasteiger partial charge in [-0.05, 0) is 23.8 Å². The zero-order valence-corrected chi connectivity index (χ0v) is 14.5. The van der Waals surface area contributed by atoms with Crippen LogP contribution in [-0.4, -0.2) is 17.7 Å². The van der Waals surface area contributed by atoms with Crippen molar-refractivity contribution < 1.29 is 19.3 Å². The molecule has 120 valence electrons. The van der Waals surface area contributed by atoms with E-state index in [2.05, 4.69) is 28.1 Å². The Hall–Kier alpha value is -1.72. The van der Waals surface area contributed by atoms with Crippen LogP contribution in [0.3, 0.4) is 0 Å². The molecule has 0 radical (unpaired) electrons. The van der Waals surface area contributed by atoms with E-state index in [0.29, 0.717) is 11.5 Å². The second kappa shape index (κ2) is 5.14. The van der Waals surface area contributed by atoms with E-state index in [-0.39, 0.29) is 18.6 Å². The van der Waals surface area contributed by atoms with Gasteiger partial charge in [0.1, 0.15) is 5.75 Å². The average Bonchev–Trinajstić information content (AvgIpc) is 2.95. The molecule has 0 amide bonds. The highest BCUT2D eigenvalue weighted by Crippen LogP contribution is 2.51. The molecule has 0 aliphatic carbocycles. The fraction of sp³-hybridized carbons (Fsp3) is 0.333. The predicted octanol–water partition coefficient (Wildman–Crippen LogP) is 4.05. The van der Waals surface area contributed by atoms with Crippen molar-refractivity contribution >= 4 is 15.9 Å². The Bertz CT molecular complexity index is 754. The van der Waals surface area contributed by atoms with Crippen LogP contribution >= 0.6 is 15.9 Å². The number of ether oxygens (including phenoxy) is 3. The first kappa shape index (κ1) is 14.8. The summed E-state index contributed by atoms with van der Waals surface area (Å²) in [5, 5.41) is 10.7. The summed E-state index contributed by atoms with van der Waals surface area (Å²) in [7, 11) is 0. The van der Waals surface area contributed by atoms with Crippen molar-refractivity contribution in [3.8, 4) is 17.2 Å². The molecule has 0 saturated carbocycles. The molecule has 3 atom stereocenters. The van der Waals surface area contributed by atoms with Crippen molar-refractivity contribution in [2.45, 2.75) is 25.6 Å². The number of halogens is 1. The molecule has 0 unspecified atom stereocenters. The molecular formula is C18H17BrO4. The molecule has 5 heteroatoms. The van der Waals surface area contributed by atoms with Crippen molar-refractivity contribution in [2.24, 2.45) is 5.92 Å². The van der Waals surface area contributed by atoms with Crippen LogP contribution in [0.15, 0.2) is 40.9 Å². The largest absolute Gasteiger partial charge is 0.462 e. The van der Waals surface area contributed by atoms with E-state index in [1.807, 2.05) is 31.2 Å². The minimum atomic E-state index is -1.25. The fourth-order valence-electron chi connectivity index (χ4n) is 3.30. The number of fused-ring (bicyclic) bond motifs is 2. The van der Waals surface area contributed by atoms with Crippen molar-refractivity contribution in [3.05, 3.63) is 52.0 Å². The first-order valence-corrected chi connectivity index (χ1v) is 8.35. The van der Waals surface area contributed by atoms with Gasteiger partial charge in [-0.15, -0.1) is 0 Å². The maximum atomic E-state index is 10.7. The van der Waals surface area contributed by atoms with E-state index >= 15 is 0 Å². The van der Waals surface area contributed by atoms with Crippen LogP contribution < -0.4 is 14.2 Å². The van der Waals surface area contributed by atoms with Crippen LogP contribution in [0.25, 0.3) is 0 Å². The lowest BCUT2D eigenvalue weighted by Crippen LogP contribution is -2.45. The van der Waals surface area contributed by atoms with Gasteiger partial charge in [0.25, 0.3) is 0 Å². The summed E-state index contributed by atoms with van der Waals surface area (Å²) in [5.74, 6) is 0.670. The van der Waals surface area contributed by atoms with Crippen LogP contribution in [0.4, 0.5) is 0 Å². The van der Waals surface area contributed by atoms with E-state index in [9.17, 15) is 5.11 Å². The molecule has 0 spiro atoms. The second-order valence-corrected chi connectivity index (χ2v) is 7.13. The molecule has 2 heterocycles. The maximum absolute atomic E-state index is 10.7. The van der Waals surface area contributed by atoms with E-state index in [0.717, 1.165) is 21.3 Å². The van der Waals surface area contributed by atoms with Gasteiger partial charge < -0.3 is 19.3 Å². The highest BCUT2D eigenvalue weighted by Gasteiger charge is 2.44. The van der Waals surface area contributed by atoms with Crippen molar-refractivity contribution in [2.75, 3.05) is 6.79 Å². The normalized spacial score (nSPS) is 28.2. The number of hydrogen-bond donors (Lipinski definition) is 1. The summed E-state index contributed by atoms with van der Waals surface area (Å²) < 4.78 is 17.8. The summed E-state index contributed by atoms with van der Waals surface area (Å²) >= 11 is 3.47. The molecule has 23 heavy (non-hydrogen) atoms.